The normalized spacial score (nSPS) is 10.9. The van der Waals surface area contributed by atoms with Crippen molar-refractivity contribution in [1.82, 2.24) is 0 Å². The number of carbonyl (C=O) groups is 1. The van der Waals surface area contributed by atoms with E-state index in [0.717, 1.165) is 12.1 Å². The number of nitrogens with one attached hydrogen (secondary N) is 1. The van der Waals surface area contributed by atoms with E-state index in [2.05, 4.69) is 5.32 Å². The molecule has 3 nitrogen and oxygen atoms in total. The van der Waals surface area contributed by atoms with Gasteiger partial charge in [0, 0.05) is 5.69 Å². The van der Waals surface area contributed by atoms with Gasteiger partial charge >= 0.3 is 6.18 Å². The summed E-state index contributed by atoms with van der Waals surface area (Å²) >= 11 is 0. The Balaban J connectivity index is 2.08. The fraction of sp³-hybridized carbons (Fsp3) is 0.0714. The third-order valence-electron chi connectivity index (χ3n) is 2.50. The van der Waals surface area contributed by atoms with Crippen LogP contribution in [-0.2, 0) is 11.0 Å². The highest BCUT2D eigenvalue weighted by Crippen LogP contribution is 2.31. The summed E-state index contributed by atoms with van der Waals surface area (Å²) < 4.78 is 42.6. The van der Waals surface area contributed by atoms with Gasteiger partial charge in [0.25, 0.3) is 0 Å². The van der Waals surface area contributed by atoms with Crippen LogP contribution in [0.1, 0.15) is 5.56 Å². The molecule has 0 fully saturated rings. The van der Waals surface area contributed by atoms with Gasteiger partial charge in [0.05, 0.1) is 5.56 Å². The Bertz CT molecular complexity index is 577. The van der Waals surface area contributed by atoms with Crippen LogP contribution in [0.4, 0.5) is 18.9 Å². The Morgan fingerprint density at radius 1 is 0.900 bits per heavy atom. The number of benzene rings is 2. The van der Waals surface area contributed by atoms with Crippen molar-refractivity contribution >= 4 is 12.1 Å². The zero-order chi connectivity index (χ0) is 14.6. The Labute approximate surface area is 113 Å². The summed E-state index contributed by atoms with van der Waals surface area (Å²) in [5, 5.41) is 2.46. The van der Waals surface area contributed by atoms with Gasteiger partial charge in [-0.1, -0.05) is 0 Å². The van der Waals surface area contributed by atoms with Gasteiger partial charge < -0.3 is 10.1 Å². The summed E-state index contributed by atoms with van der Waals surface area (Å²) in [6.45, 7) is 0. The summed E-state index contributed by atoms with van der Waals surface area (Å²) in [5.74, 6) is 0.760. The van der Waals surface area contributed by atoms with E-state index in [9.17, 15) is 18.0 Å². The molecule has 0 spiro atoms. The molecular weight excluding hydrogens is 271 g/mol. The maximum Gasteiger partial charge on any atom is 0.416 e. The number of hydrogen-bond donors (Lipinski definition) is 1. The topological polar surface area (TPSA) is 38.3 Å². The molecule has 0 aromatic heterocycles. The fourth-order valence-corrected chi connectivity index (χ4v) is 1.54. The van der Waals surface area contributed by atoms with Gasteiger partial charge in [-0.3, -0.25) is 4.79 Å². The lowest BCUT2D eigenvalue weighted by Gasteiger charge is -2.09. The van der Waals surface area contributed by atoms with E-state index in [0.29, 0.717) is 23.6 Å². The smallest absolute Gasteiger partial charge is 0.416 e. The number of rotatable bonds is 4. The van der Waals surface area contributed by atoms with Gasteiger partial charge in [-0.05, 0) is 48.5 Å². The first-order chi connectivity index (χ1) is 9.49. The quantitative estimate of drug-likeness (QED) is 0.858. The molecule has 1 N–H and O–H groups in total. The third-order valence-corrected chi connectivity index (χ3v) is 2.50. The van der Waals surface area contributed by atoms with E-state index < -0.39 is 11.7 Å². The summed E-state index contributed by atoms with van der Waals surface area (Å²) in [4.78, 5) is 10.2. The molecule has 0 unspecified atom stereocenters. The van der Waals surface area contributed by atoms with Crippen LogP contribution in [0.15, 0.2) is 48.5 Å². The molecule has 0 aliphatic rings. The second kappa shape index (κ2) is 5.64. The molecule has 0 atom stereocenters. The van der Waals surface area contributed by atoms with E-state index in [1.165, 1.54) is 12.1 Å². The van der Waals surface area contributed by atoms with Crippen LogP contribution in [0.25, 0.3) is 0 Å². The van der Waals surface area contributed by atoms with Crippen LogP contribution < -0.4 is 10.1 Å². The number of hydrogen-bond acceptors (Lipinski definition) is 2. The van der Waals surface area contributed by atoms with Crippen LogP contribution in [0, 0.1) is 0 Å². The Morgan fingerprint density at radius 3 is 1.85 bits per heavy atom. The predicted molar refractivity (Wildman–Crippen MR) is 67.6 cm³/mol. The first-order valence-corrected chi connectivity index (χ1v) is 5.64. The Morgan fingerprint density at radius 2 is 1.40 bits per heavy atom. The molecule has 0 heterocycles. The van der Waals surface area contributed by atoms with Gasteiger partial charge in [-0.15, -0.1) is 0 Å². The van der Waals surface area contributed by atoms with Crippen molar-refractivity contribution in [2.75, 3.05) is 5.32 Å². The number of carbonyl (C=O) groups excluding carboxylic acids is 1. The van der Waals surface area contributed by atoms with E-state index in [4.69, 9.17) is 4.74 Å². The number of amides is 1. The van der Waals surface area contributed by atoms with E-state index in [1.54, 1.807) is 24.3 Å². The molecule has 0 bridgehead atoms. The van der Waals surface area contributed by atoms with Gasteiger partial charge in [-0.2, -0.15) is 13.2 Å². The molecule has 0 saturated carbocycles. The van der Waals surface area contributed by atoms with Crippen molar-refractivity contribution in [1.29, 1.82) is 0 Å². The molecular formula is C14H10F3NO2. The van der Waals surface area contributed by atoms with Crippen LogP contribution in [0.2, 0.25) is 0 Å². The van der Waals surface area contributed by atoms with Gasteiger partial charge in [-0.25, -0.2) is 0 Å². The summed E-state index contributed by atoms with van der Waals surface area (Å²) in [5.41, 5.74) is -0.129. The average molecular weight is 281 g/mol. The fourth-order valence-electron chi connectivity index (χ4n) is 1.54. The van der Waals surface area contributed by atoms with E-state index in [-0.39, 0.29) is 0 Å². The lowest BCUT2D eigenvalue weighted by Crippen LogP contribution is -2.03. The molecule has 2 aromatic rings. The molecule has 1 amide bonds. The maximum absolute atomic E-state index is 12.4. The number of anilines is 1. The van der Waals surface area contributed by atoms with Crippen molar-refractivity contribution in [3.63, 3.8) is 0 Å². The van der Waals surface area contributed by atoms with E-state index >= 15 is 0 Å². The minimum Gasteiger partial charge on any atom is -0.457 e. The minimum absolute atomic E-state index is 0.300. The average Bonchev–Trinajstić information content (AvgIpc) is 2.41. The second-order valence-electron chi connectivity index (χ2n) is 3.91. The van der Waals surface area contributed by atoms with Crippen LogP contribution >= 0.6 is 0 Å². The highest BCUT2D eigenvalue weighted by Gasteiger charge is 2.30. The number of ether oxygens (including phenoxy) is 1. The maximum atomic E-state index is 12.4. The first-order valence-electron chi connectivity index (χ1n) is 5.64. The van der Waals surface area contributed by atoms with Crippen molar-refractivity contribution < 1.29 is 22.7 Å². The SMILES string of the molecule is O=CNc1ccc(Oc2ccc(C(F)(F)F)cc2)cc1. The molecule has 104 valence electrons. The summed E-state index contributed by atoms with van der Waals surface area (Å²) in [6, 6.07) is 10.9. The lowest BCUT2D eigenvalue weighted by molar-refractivity contribution is -0.137. The van der Waals surface area contributed by atoms with Crippen molar-refractivity contribution in [3.05, 3.63) is 54.1 Å². The van der Waals surface area contributed by atoms with Crippen molar-refractivity contribution in [2.24, 2.45) is 0 Å². The molecule has 0 radical (unpaired) electrons. The molecule has 2 aromatic carbocycles. The van der Waals surface area contributed by atoms with Crippen LogP contribution in [0.3, 0.4) is 0 Å². The van der Waals surface area contributed by atoms with Crippen LogP contribution in [0.5, 0.6) is 11.5 Å². The Kier molecular flexibility index (Phi) is 3.93. The van der Waals surface area contributed by atoms with Gasteiger partial charge in [0.1, 0.15) is 11.5 Å². The Hall–Kier alpha value is -2.50. The molecule has 0 saturated heterocycles. The van der Waals surface area contributed by atoms with Crippen molar-refractivity contribution in [2.45, 2.75) is 6.18 Å². The molecule has 2 rings (SSSR count). The minimum atomic E-state index is -4.36. The second-order valence-corrected chi connectivity index (χ2v) is 3.91. The van der Waals surface area contributed by atoms with Crippen molar-refractivity contribution in [3.8, 4) is 11.5 Å². The van der Waals surface area contributed by atoms with Gasteiger partial charge in [0.15, 0.2) is 0 Å². The predicted octanol–water partition coefficient (Wildman–Crippen LogP) is 4.07. The lowest BCUT2D eigenvalue weighted by atomic mass is 10.2. The number of halogens is 3. The van der Waals surface area contributed by atoms with Gasteiger partial charge in [0.2, 0.25) is 6.41 Å². The zero-order valence-corrected chi connectivity index (χ0v) is 10.1. The zero-order valence-electron chi connectivity index (χ0n) is 10.1. The summed E-state index contributed by atoms with van der Waals surface area (Å²) in [7, 11) is 0. The standard InChI is InChI=1S/C14H10F3NO2/c15-14(16,17)10-1-5-12(6-2-10)20-13-7-3-11(4-8-13)18-9-19/h1-9H,(H,18,19). The summed E-state index contributed by atoms with van der Waals surface area (Å²) in [6.07, 6.45) is -3.81. The molecule has 6 heteroatoms. The largest absolute Gasteiger partial charge is 0.457 e. The monoisotopic (exact) mass is 281 g/mol. The molecule has 20 heavy (non-hydrogen) atoms. The molecule has 0 aliphatic carbocycles. The van der Waals surface area contributed by atoms with E-state index in [1.807, 2.05) is 0 Å². The highest BCUT2D eigenvalue weighted by molar-refractivity contribution is 5.71. The third kappa shape index (κ3) is 3.50. The molecule has 0 aliphatic heterocycles. The number of alkyl halides is 3. The van der Waals surface area contributed by atoms with Crippen LogP contribution in [-0.4, -0.2) is 6.41 Å². The first kappa shape index (κ1) is 13.9. The highest BCUT2D eigenvalue weighted by atomic mass is 19.4.